The maximum atomic E-state index is 11.9. The third kappa shape index (κ3) is 3.63. The standard InChI is InChI=1S/C18H24N2O2/c1-4-20(5-2)11-10-13(3)19-16-12-17(21)18(22)15-9-7-6-8-14(15)16/h6-9,12-13,19H,4-5,10-11H2,1-3H3/t13-/m1/s1. The molecule has 1 aromatic rings. The molecule has 1 atom stereocenters. The van der Waals surface area contributed by atoms with Gasteiger partial charge in [-0.25, -0.2) is 0 Å². The first kappa shape index (κ1) is 16.4. The van der Waals surface area contributed by atoms with Gasteiger partial charge in [0.2, 0.25) is 11.6 Å². The van der Waals surface area contributed by atoms with Gasteiger partial charge < -0.3 is 10.2 Å². The Bertz CT molecular complexity index is 589. The van der Waals surface area contributed by atoms with Gasteiger partial charge in [-0.1, -0.05) is 38.1 Å². The van der Waals surface area contributed by atoms with Crippen LogP contribution < -0.4 is 5.32 Å². The first-order chi connectivity index (χ1) is 10.6. The fraction of sp³-hybridized carbons (Fsp3) is 0.444. The molecule has 118 valence electrons. The van der Waals surface area contributed by atoms with Crippen LogP contribution in [0, 0.1) is 0 Å². The van der Waals surface area contributed by atoms with Crippen LogP contribution in [0.4, 0.5) is 0 Å². The van der Waals surface area contributed by atoms with E-state index < -0.39 is 11.6 Å². The molecule has 0 saturated heterocycles. The van der Waals surface area contributed by atoms with Gasteiger partial charge in [-0.2, -0.15) is 0 Å². The average Bonchev–Trinajstić information content (AvgIpc) is 2.53. The smallest absolute Gasteiger partial charge is 0.233 e. The Kier molecular flexibility index (Phi) is 5.50. The molecule has 0 amide bonds. The first-order valence-corrected chi connectivity index (χ1v) is 7.95. The summed E-state index contributed by atoms with van der Waals surface area (Å²) in [5.74, 6) is -0.867. The number of allylic oxidation sites excluding steroid dienone is 1. The zero-order chi connectivity index (χ0) is 16.1. The predicted molar refractivity (Wildman–Crippen MR) is 88.8 cm³/mol. The second-order valence-corrected chi connectivity index (χ2v) is 5.66. The monoisotopic (exact) mass is 300 g/mol. The average molecular weight is 300 g/mol. The van der Waals surface area contributed by atoms with E-state index in [1.54, 1.807) is 12.1 Å². The van der Waals surface area contributed by atoms with Gasteiger partial charge in [-0.05, 0) is 26.4 Å². The normalized spacial score (nSPS) is 15.5. The lowest BCUT2D eigenvalue weighted by Gasteiger charge is -2.24. The second kappa shape index (κ2) is 7.36. The van der Waals surface area contributed by atoms with Crippen LogP contribution in [0.1, 0.15) is 43.1 Å². The summed E-state index contributed by atoms with van der Waals surface area (Å²) in [6, 6.07) is 7.51. The van der Waals surface area contributed by atoms with Crippen LogP contribution >= 0.6 is 0 Å². The number of Topliss-reactive ketones (excluding diaryl/α,β-unsaturated/α-hetero) is 1. The van der Waals surface area contributed by atoms with Crippen LogP contribution in [0.3, 0.4) is 0 Å². The van der Waals surface area contributed by atoms with Crippen molar-refractivity contribution in [1.29, 1.82) is 0 Å². The second-order valence-electron chi connectivity index (χ2n) is 5.66. The first-order valence-electron chi connectivity index (χ1n) is 7.95. The number of nitrogens with one attached hydrogen (secondary N) is 1. The summed E-state index contributed by atoms with van der Waals surface area (Å²) in [4.78, 5) is 26.1. The van der Waals surface area contributed by atoms with Gasteiger partial charge in [0.15, 0.2) is 0 Å². The van der Waals surface area contributed by atoms with Gasteiger partial charge in [0.1, 0.15) is 0 Å². The molecule has 1 aromatic carbocycles. The Morgan fingerprint density at radius 3 is 2.36 bits per heavy atom. The van der Waals surface area contributed by atoms with Gasteiger partial charge >= 0.3 is 0 Å². The van der Waals surface area contributed by atoms with Crippen molar-refractivity contribution in [3.8, 4) is 0 Å². The SMILES string of the molecule is CCN(CC)CC[C@@H](C)NC1=CC(=O)C(=O)c2ccccc21. The van der Waals surface area contributed by atoms with E-state index in [4.69, 9.17) is 0 Å². The van der Waals surface area contributed by atoms with E-state index in [0.29, 0.717) is 5.56 Å². The lowest BCUT2D eigenvalue weighted by molar-refractivity contribution is -0.111. The summed E-state index contributed by atoms with van der Waals surface area (Å²) in [6.45, 7) is 9.53. The Hall–Kier alpha value is -1.94. The summed E-state index contributed by atoms with van der Waals surface area (Å²) in [5, 5.41) is 3.39. The highest BCUT2D eigenvalue weighted by atomic mass is 16.2. The van der Waals surface area contributed by atoms with Crippen molar-refractivity contribution in [2.45, 2.75) is 33.2 Å². The summed E-state index contributed by atoms with van der Waals surface area (Å²) < 4.78 is 0. The van der Waals surface area contributed by atoms with Crippen LogP contribution in [0.25, 0.3) is 5.70 Å². The van der Waals surface area contributed by atoms with Crippen molar-refractivity contribution < 1.29 is 9.59 Å². The third-order valence-electron chi connectivity index (χ3n) is 4.14. The summed E-state index contributed by atoms with van der Waals surface area (Å²) in [7, 11) is 0. The van der Waals surface area contributed by atoms with Gasteiger partial charge in [0, 0.05) is 35.5 Å². The Labute approximate surface area is 132 Å². The molecular formula is C18H24N2O2. The summed E-state index contributed by atoms with van der Waals surface area (Å²) in [6.07, 6.45) is 2.42. The number of fused-ring (bicyclic) bond motifs is 1. The minimum absolute atomic E-state index is 0.237. The van der Waals surface area contributed by atoms with Crippen molar-refractivity contribution >= 4 is 17.3 Å². The maximum Gasteiger partial charge on any atom is 0.233 e. The van der Waals surface area contributed by atoms with Gasteiger partial charge in [0.05, 0.1) is 0 Å². The molecule has 1 aliphatic rings. The van der Waals surface area contributed by atoms with Crippen molar-refractivity contribution in [3.63, 3.8) is 0 Å². The van der Waals surface area contributed by atoms with E-state index in [0.717, 1.165) is 37.3 Å². The zero-order valence-corrected chi connectivity index (χ0v) is 13.6. The van der Waals surface area contributed by atoms with Crippen LogP contribution in [0.5, 0.6) is 0 Å². The van der Waals surface area contributed by atoms with E-state index in [9.17, 15) is 9.59 Å². The van der Waals surface area contributed by atoms with Gasteiger partial charge in [-0.15, -0.1) is 0 Å². The van der Waals surface area contributed by atoms with Crippen molar-refractivity contribution in [3.05, 3.63) is 41.5 Å². The highest BCUT2D eigenvalue weighted by Gasteiger charge is 2.25. The van der Waals surface area contributed by atoms with Crippen LogP contribution in [-0.4, -0.2) is 42.1 Å². The highest BCUT2D eigenvalue weighted by Crippen LogP contribution is 2.23. The third-order valence-corrected chi connectivity index (χ3v) is 4.14. The molecule has 0 fully saturated rings. The minimum atomic E-state index is -0.447. The van der Waals surface area contributed by atoms with E-state index in [1.165, 1.54) is 6.08 Å². The number of ketones is 2. The Morgan fingerprint density at radius 2 is 1.73 bits per heavy atom. The lowest BCUT2D eigenvalue weighted by Crippen LogP contribution is -2.33. The highest BCUT2D eigenvalue weighted by molar-refractivity contribution is 6.50. The largest absolute Gasteiger partial charge is 0.382 e. The van der Waals surface area contributed by atoms with Crippen LogP contribution in [-0.2, 0) is 4.79 Å². The van der Waals surface area contributed by atoms with Gasteiger partial charge in [0.25, 0.3) is 0 Å². The molecule has 0 aliphatic heterocycles. The predicted octanol–water partition coefficient (Wildman–Crippen LogP) is 2.50. The molecule has 0 radical (unpaired) electrons. The van der Waals surface area contributed by atoms with Crippen molar-refractivity contribution in [1.82, 2.24) is 10.2 Å². The van der Waals surface area contributed by atoms with E-state index in [1.807, 2.05) is 12.1 Å². The fourth-order valence-electron chi connectivity index (χ4n) is 2.70. The summed E-state index contributed by atoms with van der Waals surface area (Å²) >= 11 is 0. The van der Waals surface area contributed by atoms with Crippen molar-refractivity contribution in [2.75, 3.05) is 19.6 Å². The fourth-order valence-corrected chi connectivity index (χ4v) is 2.70. The Balaban J connectivity index is 2.07. The Morgan fingerprint density at radius 1 is 1.09 bits per heavy atom. The van der Waals surface area contributed by atoms with Gasteiger partial charge in [-0.3, -0.25) is 9.59 Å². The van der Waals surface area contributed by atoms with E-state index in [-0.39, 0.29) is 6.04 Å². The molecule has 1 N–H and O–H groups in total. The molecule has 4 nitrogen and oxygen atoms in total. The molecule has 0 bridgehead atoms. The molecular weight excluding hydrogens is 276 g/mol. The number of benzene rings is 1. The number of rotatable bonds is 7. The van der Waals surface area contributed by atoms with Crippen LogP contribution in [0.15, 0.2) is 30.3 Å². The summed E-state index contributed by atoms with van der Waals surface area (Å²) in [5.41, 5.74) is 2.07. The zero-order valence-electron chi connectivity index (χ0n) is 13.6. The molecule has 0 saturated carbocycles. The topological polar surface area (TPSA) is 49.4 Å². The number of carbonyl (C=O) groups is 2. The molecule has 0 spiro atoms. The molecule has 2 rings (SSSR count). The number of nitrogens with zero attached hydrogens (tertiary/aromatic N) is 1. The molecule has 0 heterocycles. The maximum absolute atomic E-state index is 11.9. The number of hydrogen-bond acceptors (Lipinski definition) is 4. The minimum Gasteiger partial charge on any atom is -0.382 e. The van der Waals surface area contributed by atoms with Crippen molar-refractivity contribution in [2.24, 2.45) is 0 Å². The van der Waals surface area contributed by atoms with Crippen LogP contribution in [0.2, 0.25) is 0 Å². The molecule has 22 heavy (non-hydrogen) atoms. The molecule has 0 aromatic heterocycles. The molecule has 1 aliphatic carbocycles. The number of hydrogen-bond donors (Lipinski definition) is 1. The van der Waals surface area contributed by atoms with E-state index >= 15 is 0 Å². The van der Waals surface area contributed by atoms with E-state index in [2.05, 4.69) is 31.0 Å². The quantitative estimate of drug-likeness (QED) is 0.786. The number of carbonyl (C=O) groups excluding carboxylic acids is 2. The lowest BCUT2D eigenvalue weighted by atomic mass is 9.92. The molecule has 0 unspecified atom stereocenters. The molecule has 4 heteroatoms.